The van der Waals surface area contributed by atoms with Crippen LogP contribution >= 0.6 is 11.6 Å². The van der Waals surface area contributed by atoms with Gasteiger partial charge in [0.25, 0.3) is 5.69 Å². The fourth-order valence-corrected chi connectivity index (χ4v) is 3.86. The number of nitro benzene ring substituents is 1. The highest BCUT2D eigenvalue weighted by molar-refractivity contribution is 6.34. The lowest BCUT2D eigenvalue weighted by atomic mass is 9.97. The summed E-state index contributed by atoms with van der Waals surface area (Å²) in [6, 6.07) is 2.68. The van der Waals surface area contributed by atoms with Crippen LogP contribution in [0.5, 0.6) is 0 Å². The summed E-state index contributed by atoms with van der Waals surface area (Å²) in [7, 11) is 1.21. The zero-order chi connectivity index (χ0) is 20.4. The number of aryl methyl sites for hydroxylation is 2. The van der Waals surface area contributed by atoms with Crippen LogP contribution in [0.15, 0.2) is 12.1 Å². The van der Waals surface area contributed by atoms with Crippen molar-refractivity contribution in [1.82, 2.24) is 14.8 Å². The molecule has 1 unspecified atom stereocenters. The van der Waals surface area contributed by atoms with Gasteiger partial charge in [-0.15, -0.1) is 0 Å². The molecular formula is C18H22ClN5O4. The Balaban J connectivity index is 1.87. The van der Waals surface area contributed by atoms with E-state index < -0.39 is 10.9 Å². The number of piperidine rings is 1. The molecule has 1 aromatic heterocycles. The van der Waals surface area contributed by atoms with Crippen LogP contribution in [0.2, 0.25) is 5.02 Å². The zero-order valence-corrected chi connectivity index (χ0v) is 16.8. The smallest absolute Gasteiger partial charge is 0.339 e. The van der Waals surface area contributed by atoms with Crippen LogP contribution in [0.25, 0.3) is 0 Å². The summed E-state index contributed by atoms with van der Waals surface area (Å²) in [6.07, 6.45) is 1.89. The normalized spacial score (nSPS) is 16.9. The Morgan fingerprint density at radius 3 is 2.79 bits per heavy atom. The third-order valence-electron chi connectivity index (χ3n) is 4.92. The molecule has 9 nitrogen and oxygen atoms in total. The standard InChI is InChI=1S/C18H22ClN5O4/c1-11-20-12(2)23(21-11)10-13-5-4-6-22(9-13)16-8-15(19)14(18(25)28-3)7-17(16)24(26)27/h7-8,13H,4-6,9-10H2,1-3H3. The van der Waals surface area contributed by atoms with Crippen LogP contribution in [0.3, 0.4) is 0 Å². The van der Waals surface area contributed by atoms with E-state index in [0.717, 1.165) is 24.5 Å². The fraction of sp³-hybridized carbons (Fsp3) is 0.500. The molecule has 1 aliphatic rings. The monoisotopic (exact) mass is 407 g/mol. The number of methoxy groups -OCH3 is 1. The van der Waals surface area contributed by atoms with Gasteiger partial charge in [-0.3, -0.25) is 10.1 Å². The van der Waals surface area contributed by atoms with Crippen molar-refractivity contribution in [3.05, 3.63) is 44.5 Å². The molecule has 1 aromatic carbocycles. The van der Waals surface area contributed by atoms with E-state index in [1.165, 1.54) is 19.2 Å². The number of hydrogen-bond acceptors (Lipinski definition) is 7. The first-order chi connectivity index (χ1) is 13.3. The van der Waals surface area contributed by atoms with Gasteiger partial charge in [0.15, 0.2) is 0 Å². The highest BCUT2D eigenvalue weighted by Gasteiger charge is 2.29. The molecule has 0 amide bonds. The van der Waals surface area contributed by atoms with E-state index in [4.69, 9.17) is 11.6 Å². The molecule has 28 heavy (non-hydrogen) atoms. The first-order valence-corrected chi connectivity index (χ1v) is 9.37. The van der Waals surface area contributed by atoms with Crippen molar-refractivity contribution < 1.29 is 14.5 Å². The molecule has 0 aliphatic carbocycles. The second kappa shape index (κ2) is 8.14. The lowest BCUT2D eigenvalue weighted by molar-refractivity contribution is -0.384. The number of nitro groups is 1. The van der Waals surface area contributed by atoms with Gasteiger partial charge in [-0.25, -0.2) is 14.5 Å². The number of aromatic nitrogens is 3. The molecule has 1 fully saturated rings. The highest BCUT2D eigenvalue weighted by atomic mass is 35.5. The average Bonchev–Trinajstić information content (AvgIpc) is 2.97. The number of carbonyl (C=O) groups is 1. The summed E-state index contributed by atoms with van der Waals surface area (Å²) >= 11 is 6.22. The first kappa shape index (κ1) is 20.1. The van der Waals surface area contributed by atoms with Crippen LogP contribution in [0, 0.1) is 29.9 Å². The Bertz CT molecular complexity index is 914. The first-order valence-electron chi connectivity index (χ1n) is 8.99. The largest absolute Gasteiger partial charge is 0.465 e. The molecule has 150 valence electrons. The van der Waals surface area contributed by atoms with Gasteiger partial charge in [-0.2, -0.15) is 5.10 Å². The van der Waals surface area contributed by atoms with Gasteiger partial charge < -0.3 is 9.64 Å². The number of ether oxygens (including phenoxy) is 1. The minimum atomic E-state index is -0.701. The van der Waals surface area contributed by atoms with E-state index >= 15 is 0 Å². The number of benzene rings is 1. The van der Waals surface area contributed by atoms with Crippen LogP contribution in [-0.2, 0) is 11.3 Å². The van der Waals surface area contributed by atoms with Crippen LogP contribution in [-0.4, -0.2) is 45.9 Å². The van der Waals surface area contributed by atoms with Crippen molar-refractivity contribution in [2.75, 3.05) is 25.1 Å². The number of rotatable bonds is 5. The molecule has 1 atom stereocenters. The third kappa shape index (κ3) is 4.09. The number of nitrogens with zero attached hydrogens (tertiary/aromatic N) is 5. The van der Waals surface area contributed by atoms with E-state index in [1.807, 2.05) is 23.4 Å². The Morgan fingerprint density at radius 1 is 1.43 bits per heavy atom. The molecule has 0 radical (unpaired) electrons. The second-order valence-electron chi connectivity index (χ2n) is 6.91. The van der Waals surface area contributed by atoms with Crippen molar-refractivity contribution in [2.24, 2.45) is 5.92 Å². The predicted octanol–water partition coefficient (Wildman–Crippen LogP) is 3.16. The Labute approximate surface area is 167 Å². The van der Waals surface area contributed by atoms with Crippen LogP contribution in [0.4, 0.5) is 11.4 Å². The summed E-state index contributed by atoms with van der Waals surface area (Å²) in [6.45, 7) is 5.78. The number of hydrogen-bond donors (Lipinski definition) is 0. The maximum absolute atomic E-state index is 11.8. The maximum Gasteiger partial charge on any atom is 0.339 e. The minimum Gasteiger partial charge on any atom is -0.465 e. The molecule has 1 aliphatic heterocycles. The van der Waals surface area contributed by atoms with Gasteiger partial charge in [-0.05, 0) is 38.7 Å². The molecule has 2 aromatic rings. The number of esters is 1. The lowest BCUT2D eigenvalue weighted by Crippen LogP contribution is -2.37. The molecule has 0 bridgehead atoms. The van der Waals surface area contributed by atoms with Crippen molar-refractivity contribution >= 4 is 28.9 Å². The number of halogens is 1. The van der Waals surface area contributed by atoms with Crippen LogP contribution < -0.4 is 4.90 Å². The van der Waals surface area contributed by atoms with Gasteiger partial charge in [0, 0.05) is 25.7 Å². The summed E-state index contributed by atoms with van der Waals surface area (Å²) in [5, 5.41) is 16.2. The quantitative estimate of drug-likeness (QED) is 0.426. The molecule has 1 saturated heterocycles. The summed E-state index contributed by atoms with van der Waals surface area (Å²) < 4.78 is 6.54. The molecule has 10 heteroatoms. The Kier molecular flexibility index (Phi) is 5.83. The summed E-state index contributed by atoms with van der Waals surface area (Å²) in [5.74, 6) is 1.15. The van der Waals surface area contributed by atoms with Gasteiger partial charge in [-0.1, -0.05) is 11.6 Å². The number of carbonyl (C=O) groups excluding carboxylic acids is 1. The van der Waals surface area contributed by atoms with Gasteiger partial charge >= 0.3 is 5.97 Å². The topological polar surface area (TPSA) is 103 Å². The fourth-order valence-electron chi connectivity index (χ4n) is 3.63. The number of anilines is 1. The molecule has 0 N–H and O–H groups in total. The maximum atomic E-state index is 11.8. The molecule has 0 saturated carbocycles. The molecule has 3 rings (SSSR count). The van der Waals surface area contributed by atoms with Crippen molar-refractivity contribution in [3.8, 4) is 0 Å². The minimum absolute atomic E-state index is 0.0121. The SMILES string of the molecule is COC(=O)c1cc([N+](=O)[O-])c(N2CCCC(Cn3nc(C)nc3C)C2)cc1Cl. The summed E-state index contributed by atoms with van der Waals surface area (Å²) in [4.78, 5) is 29.2. The van der Waals surface area contributed by atoms with E-state index in [-0.39, 0.29) is 22.2 Å². The Morgan fingerprint density at radius 2 is 2.18 bits per heavy atom. The Hall–Kier alpha value is -2.68. The highest BCUT2D eigenvalue weighted by Crippen LogP contribution is 2.36. The van der Waals surface area contributed by atoms with E-state index in [1.54, 1.807) is 0 Å². The van der Waals surface area contributed by atoms with Gasteiger partial charge in [0.2, 0.25) is 0 Å². The van der Waals surface area contributed by atoms with Crippen molar-refractivity contribution in [1.29, 1.82) is 0 Å². The lowest BCUT2D eigenvalue weighted by Gasteiger charge is -2.34. The molecule has 2 heterocycles. The van der Waals surface area contributed by atoms with E-state index in [2.05, 4.69) is 14.8 Å². The predicted molar refractivity (Wildman–Crippen MR) is 104 cm³/mol. The molecular weight excluding hydrogens is 386 g/mol. The van der Waals surface area contributed by atoms with Gasteiger partial charge in [0.1, 0.15) is 17.3 Å². The van der Waals surface area contributed by atoms with Crippen molar-refractivity contribution in [2.45, 2.75) is 33.2 Å². The zero-order valence-electron chi connectivity index (χ0n) is 16.0. The van der Waals surface area contributed by atoms with Gasteiger partial charge in [0.05, 0.1) is 22.6 Å². The second-order valence-corrected chi connectivity index (χ2v) is 7.32. The van der Waals surface area contributed by atoms with Crippen LogP contribution in [0.1, 0.15) is 34.8 Å². The van der Waals surface area contributed by atoms with E-state index in [9.17, 15) is 14.9 Å². The van der Waals surface area contributed by atoms with Crippen molar-refractivity contribution in [3.63, 3.8) is 0 Å². The third-order valence-corrected chi connectivity index (χ3v) is 5.23. The molecule has 0 spiro atoms. The average molecular weight is 408 g/mol. The van der Waals surface area contributed by atoms with E-state index in [0.29, 0.717) is 25.3 Å². The summed E-state index contributed by atoms with van der Waals surface area (Å²) in [5.41, 5.74) is 0.249.